The van der Waals surface area contributed by atoms with Gasteiger partial charge >= 0.3 is 0 Å². The molecule has 55 heavy (non-hydrogen) atoms. The van der Waals surface area contributed by atoms with E-state index >= 15 is 0 Å². The number of halogens is 1. The molecule has 0 aliphatic heterocycles. The molecule has 10 aromatic rings. The predicted octanol–water partition coefficient (Wildman–Crippen LogP) is 14.8. The smallest absolute Gasteiger partial charge is 0.0726 e. The summed E-state index contributed by atoms with van der Waals surface area (Å²) in [5.41, 5.74) is 16.0. The van der Waals surface area contributed by atoms with Gasteiger partial charge in [-0.2, -0.15) is 0 Å². The minimum atomic E-state index is -0.424. The molecule has 0 aromatic heterocycles. The summed E-state index contributed by atoms with van der Waals surface area (Å²) < 4.78 is 1.12. The highest BCUT2D eigenvalue weighted by Crippen LogP contribution is 2.63. The van der Waals surface area contributed by atoms with Gasteiger partial charge in [0, 0.05) is 21.2 Å². The second-order valence-electron chi connectivity index (χ2n) is 14.9. The normalized spacial score (nSPS) is 13.3. The summed E-state index contributed by atoms with van der Waals surface area (Å²) in [6, 6.07) is 72.3. The van der Waals surface area contributed by atoms with Crippen LogP contribution in [0.15, 0.2) is 199 Å². The fraction of sp³-hybridized carbons (Fsp3) is 0.0189. The lowest BCUT2D eigenvalue weighted by atomic mass is 9.70. The zero-order valence-electron chi connectivity index (χ0n) is 29.8. The van der Waals surface area contributed by atoms with Crippen molar-refractivity contribution < 1.29 is 0 Å². The zero-order chi connectivity index (χ0) is 36.3. The highest BCUT2D eigenvalue weighted by atomic mass is 79.9. The molecule has 0 fully saturated rings. The third-order valence-corrected chi connectivity index (χ3v) is 13.0. The van der Waals surface area contributed by atoms with Crippen molar-refractivity contribution in [1.29, 1.82) is 0 Å². The molecule has 0 heterocycles. The largest absolute Gasteiger partial charge is 0.310 e. The first-order valence-electron chi connectivity index (χ1n) is 19.0. The van der Waals surface area contributed by atoms with E-state index in [1.807, 2.05) is 0 Å². The molecular formula is C53H32BrN. The van der Waals surface area contributed by atoms with Gasteiger partial charge in [0.1, 0.15) is 0 Å². The average Bonchev–Trinajstić information content (AvgIpc) is 3.72. The van der Waals surface area contributed by atoms with E-state index in [1.165, 1.54) is 88.0 Å². The van der Waals surface area contributed by atoms with Crippen LogP contribution in [0.1, 0.15) is 22.3 Å². The van der Waals surface area contributed by atoms with Crippen LogP contribution in [-0.4, -0.2) is 0 Å². The molecule has 12 rings (SSSR count). The molecule has 0 atom stereocenters. The number of hydrogen-bond acceptors (Lipinski definition) is 1. The topological polar surface area (TPSA) is 3.24 Å². The van der Waals surface area contributed by atoms with Gasteiger partial charge in [-0.25, -0.2) is 0 Å². The highest BCUT2D eigenvalue weighted by molar-refractivity contribution is 9.10. The van der Waals surface area contributed by atoms with E-state index in [1.54, 1.807) is 0 Å². The van der Waals surface area contributed by atoms with Gasteiger partial charge in [0.05, 0.1) is 11.1 Å². The molecule has 1 nitrogen and oxygen atoms in total. The van der Waals surface area contributed by atoms with Crippen molar-refractivity contribution in [3.8, 4) is 33.4 Å². The van der Waals surface area contributed by atoms with Gasteiger partial charge in [-0.1, -0.05) is 174 Å². The van der Waals surface area contributed by atoms with Crippen molar-refractivity contribution in [1.82, 2.24) is 0 Å². The maximum atomic E-state index is 3.87. The van der Waals surface area contributed by atoms with Gasteiger partial charge in [0.15, 0.2) is 0 Å². The van der Waals surface area contributed by atoms with E-state index in [-0.39, 0.29) is 0 Å². The maximum Gasteiger partial charge on any atom is 0.0726 e. The standard InChI is InChI=1S/C53H32BrN/c54-49-30-22-35-21-28-44-50(31-23-36-20-27-43(49)51(35)52(36)44)55(37-24-18-34(19-25-37)33-10-2-1-3-11-33)38-26-29-42-41-14-6-9-17-47(41)53(48(42)32-38)45-15-7-4-12-39(45)40-13-5-8-16-46(40)53/h1-32H. The lowest BCUT2D eigenvalue weighted by Crippen LogP contribution is -2.26. The summed E-state index contributed by atoms with van der Waals surface area (Å²) in [6.07, 6.45) is 0. The summed E-state index contributed by atoms with van der Waals surface area (Å²) in [6.45, 7) is 0. The van der Waals surface area contributed by atoms with E-state index in [0.29, 0.717) is 0 Å². The van der Waals surface area contributed by atoms with Crippen molar-refractivity contribution in [3.05, 3.63) is 221 Å². The van der Waals surface area contributed by atoms with Crippen molar-refractivity contribution in [2.75, 3.05) is 4.90 Å². The second kappa shape index (κ2) is 11.5. The third-order valence-electron chi connectivity index (χ3n) is 12.3. The van der Waals surface area contributed by atoms with Crippen molar-refractivity contribution in [2.45, 2.75) is 5.41 Å². The van der Waals surface area contributed by atoms with Crippen LogP contribution in [0.3, 0.4) is 0 Å². The Labute approximate surface area is 328 Å². The molecule has 2 aliphatic rings. The fourth-order valence-corrected chi connectivity index (χ4v) is 10.5. The molecule has 10 aromatic carbocycles. The summed E-state index contributed by atoms with van der Waals surface area (Å²) in [4.78, 5) is 2.49. The number of hydrogen-bond donors (Lipinski definition) is 0. The number of fused-ring (bicyclic) bond motifs is 10. The molecule has 0 radical (unpaired) electrons. The van der Waals surface area contributed by atoms with Gasteiger partial charge in [0.25, 0.3) is 0 Å². The van der Waals surface area contributed by atoms with Gasteiger partial charge < -0.3 is 4.90 Å². The molecule has 0 unspecified atom stereocenters. The zero-order valence-corrected chi connectivity index (χ0v) is 31.4. The van der Waals surface area contributed by atoms with E-state index in [4.69, 9.17) is 0 Å². The first-order valence-corrected chi connectivity index (χ1v) is 19.7. The first-order chi connectivity index (χ1) is 27.2. The summed E-state index contributed by atoms with van der Waals surface area (Å²) in [5.74, 6) is 0. The predicted molar refractivity (Wildman–Crippen MR) is 234 cm³/mol. The van der Waals surface area contributed by atoms with E-state index in [2.05, 4.69) is 215 Å². The molecule has 0 saturated carbocycles. The average molecular weight is 763 g/mol. The lowest BCUT2D eigenvalue weighted by Gasteiger charge is -2.32. The van der Waals surface area contributed by atoms with Crippen LogP contribution >= 0.6 is 15.9 Å². The van der Waals surface area contributed by atoms with Gasteiger partial charge in [0.2, 0.25) is 0 Å². The van der Waals surface area contributed by atoms with Crippen LogP contribution in [0.5, 0.6) is 0 Å². The number of rotatable bonds is 4. The van der Waals surface area contributed by atoms with Crippen molar-refractivity contribution >= 4 is 65.3 Å². The van der Waals surface area contributed by atoms with Crippen molar-refractivity contribution in [2.24, 2.45) is 0 Å². The Kier molecular flexibility index (Phi) is 6.47. The second-order valence-corrected chi connectivity index (χ2v) is 15.8. The fourth-order valence-electron chi connectivity index (χ4n) is 10.0. The van der Waals surface area contributed by atoms with Crippen LogP contribution in [-0.2, 0) is 5.41 Å². The van der Waals surface area contributed by atoms with E-state index in [0.717, 1.165) is 21.5 Å². The highest BCUT2D eigenvalue weighted by Gasteiger charge is 2.51. The third kappa shape index (κ3) is 4.18. The SMILES string of the molecule is Brc1ccc2ccc3c(N(c4ccc(-c5ccccc5)cc4)c4ccc5c(c4)C4(c6ccccc6-c6ccccc64)c4ccccc4-5)ccc4ccc1c2c43. The molecule has 0 bridgehead atoms. The summed E-state index contributed by atoms with van der Waals surface area (Å²) in [5, 5.41) is 7.56. The molecule has 0 N–H and O–H groups in total. The molecule has 0 amide bonds. The molecule has 0 saturated heterocycles. The van der Waals surface area contributed by atoms with Crippen LogP contribution in [0, 0.1) is 0 Å². The monoisotopic (exact) mass is 761 g/mol. The van der Waals surface area contributed by atoms with Gasteiger partial charge in [-0.3, -0.25) is 0 Å². The van der Waals surface area contributed by atoms with E-state index < -0.39 is 5.41 Å². The Balaban J connectivity index is 1.15. The number of benzene rings is 10. The van der Waals surface area contributed by atoms with E-state index in [9.17, 15) is 0 Å². The quantitative estimate of drug-likeness (QED) is 0.161. The van der Waals surface area contributed by atoms with Gasteiger partial charge in [-0.05, 0) is 119 Å². The Morgan fingerprint density at radius 2 is 0.855 bits per heavy atom. The number of anilines is 3. The van der Waals surface area contributed by atoms with Crippen LogP contribution in [0.2, 0.25) is 0 Å². The molecule has 1 spiro atoms. The van der Waals surface area contributed by atoms with Crippen molar-refractivity contribution in [3.63, 3.8) is 0 Å². The van der Waals surface area contributed by atoms with Crippen LogP contribution in [0.4, 0.5) is 17.1 Å². The Morgan fingerprint density at radius 3 is 1.51 bits per heavy atom. The summed E-state index contributed by atoms with van der Waals surface area (Å²) >= 11 is 3.87. The first kappa shape index (κ1) is 30.9. The molecule has 2 aliphatic carbocycles. The Bertz CT molecular complexity index is 3100. The molecule has 256 valence electrons. The minimum absolute atomic E-state index is 0.424. The molecular weight excluding hydrogens is 730 g/mol. The number of nitrogens with zero attached hydrogens (tertiary/aromatic N) is 1. The van der Waals surface area contributed by atoms with Crippen LogP contribution < -0.4 is 4.90 Å². The van der Waals surface area contributed by atoms with Gasteiger partial charge in [-0.15, -0.1) is 0 Å². The molecule has 2 heteroatoms. The lowest BCUT2D eigenvalue weighted by molar-refractivity contribution is 0.793. The van der Waals surface area contributed by atoms with Crippen LogP contribution in [0.25, 0.3) is 65.7 Å². The minimum Gasteiger partial charge on any atom is -0.310 e. The maximum absolute atomic E-state index is 3.87. The Hall–Kier alpha value is -6.48. The Morgan fingerprint density at radius 1 is 0.364 bits per heavy atom. The summed E-state index contributed by atoms with van der Waals surface area (Å²) in [7, 11) is 0.